The van der Waals surface area contributed by atoms with Crippen LogP contribution in [0, 0.1) is 0 Å². The third-order valence-corrected chi connectivity index (χ3v) is 5.49. The molecule has 1 aromatic heterocycles. The van der Waals surface area contributed by atoms with Crippen LogP contribution in [0.4, 0.5) is 18.9 Å². The minimum Gasteiger partial charge on any atom is -0.396 e. The second kappa shape index (κ2) is 9.82. The summed E-state index contributed by atoms with van der Waals surface area (Å²) in [5.74, 6) is -0.906. The van der Waals surface area contributed by atoms with E-state index in [9.17, 15) is 27.9 Å². The molecule has 1 aliphatic heterocycles. The Morgan fingerprint density at radius 1 is 1.18 bits per heavy atom. The number of carbonyl (C=O) groups excluding carboxylic acids is 2. The predicted molar refractivity (Wildman–Crippen MR) is 117 cm³/mol. The standard InChI is InChI=1S/C23H23F3N4O4/c24-23(25,26)16-4-1-3-15(13-16)21(33)28-22-27-18-14-17(29-9-12-34-11-7-20(29)32)5-6-19(18)30(22)8-2-10-31/h1,3-6,13-14,31H,2,7-12H2,(H,27,28,33). The van der Waals surface area contributed by atoms with E-state index >= 15 is 0 Å². The minimum absolute atomic E-state index is 0.0683. The number of amides is 2. The van der Waals surface area contributed by atoms with Gasteiger partial charge in [0.1, 0.15) is 0 Å². The van der Waals surface area contributed by atoms with Gasteiger partial charge >= 0.3 is 6.18 Å². The number of aryl methyl sites for hydroxylation is 1. The van der Waals surface area contributed by atoms with Crippen LogP contribution >= 0.6 is 0 Å². The maximum absolute atomic E-state index is 13.0. The zero-order valence-electron chi connectivity index (χ0n) is 18.1. The van der Waals surface area contributed by atoms with Crippen molar-refractivity contribution in [1.29, 1.82) is 0 Å². The molecule has 3 aromatic rings. The number of alkyl halides is 3. The number of halogens is 3. The van der Waals surface area contributed by atoms with Crippen LogP contribution in [-0.4, -0.2) is 52.8 Å². The molecular formula is C23H23F3N4O4. The lowest BCUT2D eigenvalue weighted by atomic mass is 10.1. The molecule has 0 aliphatic carbocycles. The highest BCUT2D eigenvalue weighted by Gasteiger charge is 2.31. The van der Waals surface area contributed by atoms with Gasteiger partial charge in [-0.3, -0.25) is 9.59 Å². The van der Waals surface area contributed by atoms with Gasteiger partial charge in [-0.25, -0.2) is 0 Å². The van der Waals surface area contributed by atoms with Crippen LogP contribution < -0.4 is 10.5 Å². The van der Waals surface area contributed by atoms with Crippen molar-refractivity contribution in [1.82, 2.24) is 9.55 Å². The zero-order valence-corrected chi connectivity index (χ0v) is 18.1. The van der Waals surface area contributed by atoms with Crippen LogP contribution in [-0.2, 0) is 22.3 Å². The Labute approximate surface area is 192 Å². The second-order valence-corrected chi connectivity index (χ2v) is 7.78. The van der Waals surface area contributed by atoms with Crippen molar-refractivity contribution >= 4 is 28.5 Å². The van der Waals surface area contributed by atoms with Gasteiger partial charge in [0.05, 0.1) is 36.2 Å². The third kappa shape index (κ3) is 5.05. The average Bonchev–Trinajstić information content (AvgIpc) is 2.99. The molecule has 0 spiro atoms. The highest BCUT2D eigenvalue weighted by atomic mass is 19.4. The SMILES string of the molecule is O=C(/N=c1\[nH]c2cc(N3CCOCCC3=O)ccc2n1CCCO)c1cccc(C(F)(F)F)c1. The van der Waals surface area contributed by atoms with Gasteiger partial charge in [0.15, 0.2) is 0 Å². The Morgan fingerprint density at radius 3 is 2.76 bits per heavy atom. The van der Waals surface area contributed by atoms with Gasteiger partial charge < -0.3 is 24.3 Å². The van der Waals surface area contributed by atoms with E-state index in [4.69, 9.17) is 4.74 Å². The number of hydrogen-bond donors (Lipinski definition) is 2. The van der Waals surface area contributed by atoms with Gasteiger partial charge in [-0.15, -0.1) is 0 Å². The number of nitrogens with zero attached hydrogens (tertiary/aromatic N) is 3. The van der Waals surface area contributed by atoms with Gasteiger partial charge in [0.25, 0.3) is 5.91 Å². The van der Waals surface area contributed by atoms with Gasteiger partial charge in [0.2, 0.25) is 11.5 Å². The summed E-state index contributed by atoms with van der Waals surface area (Å²) in [6.07, 6.45) is -3.93. The number of carbonyl (C=O) groups is 2. The molecule has 0 saturated carbocycles. The van der Waals surface area contributed by atoms with Crippen molar-refractivity contribution in [2.45, 2.75) is 25.6 Å². The summed E-state index contributed by atoms with van der Waals surface area (Å²) in [6.45, 7) is 1.40. The highest BCUT2D eigenvalue weighted by Crippen LogP contribution is 2.29. The number of aromatic nitrogens is 2. The van der Waals surface area contributed by atoms with Crippen LogP contribution in [0.15, 0.2) is 47.5 Å². The molecule has 34 heavy (non-hydrogen) atoms. The van der Waals surface area contributed by atoms with Crippen molar-refractivity contribution < 1.29 is 32.6 Å². The van der Waals surface area contributed by atoms with Crippen LogP contribution in [0.1, 0.15) is 28.8 Å². The molecule has 1 fully saturated rings. The number of fused-ring (bicyclic) bond motifs is 1. The third-order valence-electron chi connectivity index (χ3n) is 5.49. The molecule has 8 nitrogen and oxygen atoms in total. The summed E-state index contributed by atoms with van der Waals surface area (Å²) < 4.78 is 46.1. The quantitative estimate of drug-likeness (QED) is 0.592. The van der Waals surface area contributed by atoms with E-state index in [0.29, 0.717) is 49.4 Å². The maximum atomic E-state index is 13.0. The number of rotatable bonds is 5. The van der Waals surface area contributed by atoms with Crippen LogP contribution in [0.3, 0.4) is 0 Å². The Hall–Kier alpha value is -3.44. The number of benzene rings is 2. The fraction of sp³-hybridized carbons (Fsp3) is 0.348. The number of aromatic amines is 1. The monoisotopic (exact) mass is 476 g/mol. The largest absolute Gasteiger partial charge is 0.416 e. The topological polar surface area (TPSA) is 99.9 Å². The number of anilines is 1. The molecule has 180 valence electrons. The lowest BCUT2D eigenvalue weighted by Gasteiger charge is -2.20. The molecule has 4 rings (SSSR count). The van der Waals surface area contributed by atoms with Crippen molar-refractivity contribution in [2.75, 3.05) is 31.3 Å². The first-order valence-electron chi connectivity index (χ1n) is 10.8. The first-order valence-corrected chi connectivity index (χ1v) is 10.8. The predicted octanol–water partition coefficient (Wildman–Crippen LogP) is 2.87. The Bertz CT molecular complexity index is 1280. The molecular weight excluding hydrogens is 453 g/mol. The molecule has 0 radical (unpaired) electrons. The number of ether oxygens (including phenoxy) is 1. The summed E-state index contributed by atoms with van der Waals surface area (Å²) in [5, 5.41) is 9.28. The van der Waals surface area contributed by atoms with Gasteiger partial charge in [-0.2, -0.15) is 18.2 Å². The molecule has 2 amide bonds. The molecule has 0 unspecified atom stereocenters. The lowest BCUT2D eigenvalue weighted by molar-refractivity contribution is -0.137. The Kier molecular flexibility index (Phi) is 6.85. The Balaban J connectivity index is 1.76. The second-order valence-electron chi connectivity index (χ2n) is 7.78. The molecule has 2 N–H and O–H groups in total. The summed E-state index contributed by atoms with van der Waals surface area (Å²) in [5.41, 5.74) is 0.908. The smallest absolute Gasteiger partial charge is 0.396 e. The molecule has 11 heteroatoms. The summed E-state index contributed by atoms with van der Waals surface area (Å²) >= 11 is 0. The van der Waals surface area contributed by atoms with Crippen molar-refractivity contribution in [3.05, 3.63) is 59.2 Å². The van der Waals surface area contributed by atoms with E-state index < -0.39 is 17.6 Å². The zero-order chi connectivity index (χ0) is 24.3. The number of aliphatic hydroxyl groups is 1. The number of imidazole rings is 1. The van der Waals surface area contributed by atoms with E-state index in [0.717, 1.165) is 18.2 Å². The number of nitrogens with one attached hydrogen (secondary N) is 1. The fourth-order valence-corrected chi connectivity index (χ4v) is 3.81. The fourth-order valence-electron chi connectivity index (χ4n) is 3.81. The average molecular weight is 476 g/mol. The van der Waals surface area contributed by atoms with Crippen LogP contribution in [0.5, 0.6) is 0 Å². The number of hydrogen-bond acceptors (Lipinski definition) is 4. The summed E-state index contributed by atoms with van der Waals surface area (Å²) in [4.78, 5) is 33.8. The number of H-pyrrole nitrogens is 1. The van der Waals surface area contributed by atoms with Crippen molar-refractivity contribution in [3.8, 4) is 0 Å². The maximum Gasteiger partial charge on any atom is 0.416 e. The van der Waals surface area contributed by atoms with E-state index in [-0.39, 0.29) is 30.1 Å². The summed E-state index contributed by atoms with van der Waals surface area (Å²) in [7, 11) is 0. The first-order chi connectivity index (χ1) is 16.3. The molecule has 2 heterocycles. The van der Waals surface area contributed by atoms with Crippen LogP contribution in [0.2, 0.25) is 0 Å². The van der Waals surface area contributed by atoms with Gasteiger partial charge in [-0.05, 0) is 42.8 Å². The summed E-state index contributed by atoms with van der Waals surface area (Å²) in [6, 6.07) is 9.37. The molecule has 2 aromatic carbocycles. The minimum atomic E-state index is -4.58. The lowest BCUT2D eigenvalue weighted by Crippen LogP contribution is -2.31. The molecule has 1 saturated heterocycles. The molecule has 0 atom stereocenters. The van der Waals surface area contributed by atoms with Crippen LogP contribution in [0.25, 0.3) is 11.0 Å². The molecule has 1 aliphatic rings. The van der Waals surface area contributed by atoms with Gasteiger partial charge in [0, 0.05) is 30.9 Å². The van der Waals surface area contributed by atoms with E-state index in [1.54, 1.807) is 27.7 Å². The number of aliphatic hydroxyl groups excluding tert-OH is 1. The van der Waals surface area contributed by atoms with Crippen molar-refractivity contribution in [3.63, 3.8) is 0 Å². The van der Waals surface area contributed by atoms with Crippen molar-refractivity contribution in [2.24, 2.45) is 4.99 Å². The Morgan fingerprint density at radius 2 is 2.00 bits per heavy atom. The van der Waals surface area contributed by atoms with E-state index in [1.807, 2.05) is 0 Å². The van der Waals surface area contributed by atoms with Gasteiger partial charge in [-0.1, -0.05) is 6.07 Å². The highest BCUT2D eigenvalue weighted by molar-refractivity contribution is 5.96. The molecule has 0 bridgehead atoms. The van der Waals surface area contributed by atoms with E-state index in [1.165, 1.54) is 6.07 Å². The van der Waals surface area contributed by atoms with E-state index in [2.05, 4.69) is 9.98 Å². The normalized spacial score (nSPS) is 15.7. The first kappa shape index (κ1) is 23.7.